The summed E-state index contributed by atoms with van der Waals surface area (Å²) >= 11 is 0. The first kappa shape index (κ1) is 18.0. The van der Waals surface area contributed by atoms with Crippen molar-refractivity contribution in [3.05, 3.63) is 79.4 Å². The summed E-state index contributed by atoms with van der Waals surface area (Å²) in [5.41, 5.74) is 7.22. The van der Waals surface area contributed by atoms with Crippen LogP contribution in [0.1, 0.15) is 16.7 Å². The first-order chi connectivity index (χ1) is 12.0. The SMILES string of the molecule is CO/N=C(/c1cccc([N+](=O)[O-])c1)c1cc([N+](=O)[O-])ccc1CCN. The van der Waals surface area contributed by atoms with Gasteiger partial charge in [0, 0.05) is 35.4 Å². The first-order valence-corrected chi connectivity index (χ1v) is 7.31. The summed E-state index contributed by atoms with van der Waals surface area (Å²) < 4.78 is 0. The van der Waals surface area contributed by atoms with Gasteiger partial charge in [0.15, 0.2) is 0 Å². The molecule has 9 nitrogen and oxygen atoms in total. The summed E-state index contributed by atoms with van der Waals surface area (Å²) in [4.78, 5) is 25.9. The van der Waals surface area contributed by atoms with Gasteiger partial charge in [-0.3, -0.25) is 20.2 Å². The third-order valence-corrected chi connectivity index (χ3v) is 3.49. The van der Waals surface area contributed by atoms with Gasteiger partial charge >= 0.3 is 0 Å². The van der Waals surface area contributed by atoms with Crippen molar-refractivity contribution in [3.8, 4) is 0 Å². The van der Waals surface area contributed by atoms with E-state index in [1.54, 1.807) is 12.1 Å². The van der Waals surface area contributed by atoms with Gasteiger partial charge in [-0.1, -0.05) is 23.4 Å². The molecular weight excluding hydrogens is 328 g/mol. The maximum atomic E-state index is 11.1. The zero-order valence-electron chi connectivity index (χ0n) is 13.4. The largest absolute Gasteiger partial charge is 0.399 e. The van der Waals surface area contributed by atoms with Crippen LogP contribution < -0.4 is 5.73 Å². The fourth-order valence-electron chi connectivity index (χ4n) is 2.39. The Bertz CT molecular complexity index is 835. The lowest BCUT2D eigenvalue weighted by atomic mass is 9.95. The molecule has 0 aromatic heterocycles. The van der Waals surface area contributed by atoms with Crippen molar-refractivity contribution in [2.24, 2.45) is 10.9 Å². The quantitative estimate of drug-likeness (QED) is 0.465. The molecule has 0 unspecified atom stereocenters. The predicted octanol–water partition coefficient (Wildman–Crippen LogP) is 2.40. The number of oxime groups is 1. The van der Waals surface area contributed by atoms with Gasteiger partial charge in [-0.05, 0) is 18.5 Å². The number of nitro groups is 2. The zero-order valence-corrected chi connectivity index (χ0v) is 13.4. The van der Waals surface area contributed by atoms with Crippen LogP contribution in [0.3, 0.4) is 0 Å². The number of nitrogens with zero attached hydrogens (tertiary/aromatic N) is 3. The van der Waals surface area contributed by atoms with Crippen LogP contribution in [0.4, 0.5) is 11.4 Å². The van der Waals surface area contributed by atoms with E-state index in [1.165, 1.54) is 37.4 Å². The molecule has 2 rings (SSSR count). The second-order valence-electron chi connectivity index (χ2n) is 5.07. The van der Waals surface area contributed by atoms with Crippen LogP contribution in [-0.2, 0) is 11.3 Å². The molecule has 0 amide bonds. The standard InChI is InChI=1S/C16H16N4O5/c1-25-18-16(12-3-2-4-13(9-12)19(21)22)15-10-14(20(23)24)6-5-11(15)7-8-17/h2-6,9-10H,7-8,17H2,1H3/b18-16-. The molecule has 0 saturated carbocycles. The normalized spacial score (nSPS) is 11.2. The number of rotatable bonds is 7. The van der Waals surface area contributed by atoms with E-state index in [0.717, 1.165) is 5.56 Å². The fraction of sp³-hybridized carbons (Fsp3) is 0.188. The Labute approximate surface area is 143 Å². The van der Waals surface area contributed by atoms with Crippen LogP contribution in [0.15, 0.2) is 47.6 Å². The second kappa shape index (κ2) is 7.97. The van der Waals surface area contributed by atoms with E-state index >= 15 is 0 Å². The number of non-ortho nitro benzene ring substituents is 2. The minimum Gasteiger partial charge on any atom is -0.399 e. The van der Waals surface area contributed by atoms with Crippen molar-refractivity contribution in [2.45, 2.75) is 6.42 Å². The van der Waals surface area contributed by atoms with Crippen molar-refractivity contribution >= 4 is 17.1 Å². The highest BCUT2D eigenvalue weighted by atomic mass is 16.6. The Morgan fingerprint density at radius 1 is 1.12 bits per heavy atom. The van der Waals surface area contributed by atoms with Crippen molar-refractivity contribution < 1.29 is 14.7 Å². The van der Waals surface area contributed by atoms with Gasteiger partial charge in [0.1, 0.15) is 12.8 Å². The molecule has 0 spiro atoms. The molecule has 25 heavy (non-hydrogen) atoms. The van der Waals surface area contributed by atoms with Gasteiger partial charge in [-0.2, -0.15) is 0 Å². The first-order valence-electron chi connectivity index (χ1n) is 7.31. The molecule has 0 fully saturated rings. The topological polar surface area (TPSA) is 134 Å². The van der Waals surface area contributed by atoms with Crippen molar-refractivity contribution in [1.29, 1.82) is 0 Å². The highest BCUT2D eigenvalue weighted by Crippen LogP contribution is 2.24. The highest BCUT2D eigenvalue weighted by molar-refractivity contribution is 6.14. The summed E-state index contributed by atoms with van der Waals surface area (Å²) in [7, 11) is 1.33. The van der Waals surface area contributed by atoms with Gasteiger partial charge in [-0.15, -0.1) is 0 Å². The van der Waals surface area contributed by atoms with Gasteiger partial charge in [-0.25, -0.2) is 0 Å². The summed E-state index contributed by atoms with van der Waals surface area (Å²) in [6, 6.07) is 10.2. The molecule has 0 aliphatic heterocycles. The number of nitro benzene ring substituents is 2. The van der Waals surface area contributed by atoms with Crippen molar-refractivity contribution in [2.75, 3.05) is 13.7 Å². The summed E-state index contributed by atoms with van der Waals surface area (Å²) in [5, 5.41) is 26.1. The third-order valence-electron chi connectivity index (χ3n) is 3.49. The Morgan fingerprint density at radius 3 is 2.40 bits per heavy atom. The highest BCUT2D eigenvalue weighted by Gasteiger charge is 2.19. The van der Waals surface area contributed by atoms with Crippen LogP contribution in [0.2, 0.25) is 0 Å². The second-order valence-corrected chi connectivity index (χ2v) is 5.07. The maximum Gasteiger partial charge on any atom is 0.270 e. The molecule has 2 aromatic rings. The zero-order chi connectivity index (χ0) is 18.4. The molecular formula is C16H16N4O5. The maximum absolute atomic E-state index is 11.1. The van der Waals surface area contributed by atoms with Gasteiger partial charge in [0.2, 0.25) is 0 Å². The molecule has 9 heteroatoms. The minimum atomic E-state index is -0.526. The molecule has 0 atom stereocenters. The van der Waals surface area contributed by atoms with Gasteiger partial charge in [0.25, 0.3) is 11.4 Å². The average molecular weight is 344 g/mol. The monoisotopic (exact) mass is 344 g/mol. The lowest BCUT2D eigenvalue weighted by Gasteiger charge is -2.11. The molecule has 130 valence electrons. The number of hydrogen-bond donors (Lipinski definition) is 1. The lowest BCUT2D eigenvalue weighted by molar-refractivity contribution is -0.385. The van der Waals surface area contributed by atoms with Crippen LogP contribution >= 0.6 is 0 Å². The van der Waals surface area contributed by atoms with Crippen LogP contribution in [0, 0.1) is 20.2 Å². The summed E-state index contributed by atoms with van der Waals surface area (Å²) in [6.07, 6.45) is 0.463. The third kappa shape index (κ3) is 4.15. The molecule has 2 aromatic carbocycles. The molecule has 0 aliphatic rings. The molecule has 0 radical (unpaired) electrons. The van der Waals surface area contributed by atoms with E-state index in [2.05, 4.69) is 5.16 Å². The van der Waals surface area contributed by atoms with Crippen LogP contribution in [0.5, 0.6) is 0 Å². The Morgan fingerprint density at radius 2 is 1.80 bits per heavy atom. The Balaban J connectivity index is 2.66. The Hall–Kier alpha value is -3.33. The molecule has 0 aliphatic carbocycles. The van der Waals surface area contributed by atoms with E-state index in [4.69, 9.17) is 10.6 Å². The van der Waals surface area contributed by atoms with E-state index in [-0.39, 0.29) is 17.1 Å². The van der Waals surface area contributed by atoms with E-state index in [9.17, 15) is 20.2 Å². The minimum absolute atomic E-state index is 0.118. The average Bonchev–Trinajstić information content (AvgIpc) is 2.60. The molecule has 0 saturated heterocycles. The summed E-state index contributed by atoms with van der Waals surface area (Å²) in [5.74, 6) is 0. The number of nitrogens with two attached hydrogens (primary N) is 1. The summed E-state index contributed by atoms with van der Waals surface area (Å²) in [6.45, 7) is 0.333. The number of benzene rings is 2. The number of hydrogen-bond acceptors (Lipinski definition) is 7. The fourth-order valence-corrected chi connectivity index (χ4v) is 2.39. The lowest BCUT2D eigenvalue weighted by Crippen LogP contribution is -2.12. The van der Waals surface area contributed by atoms with Crippen LogP contribution in [-0.4, -0.2) is 29.2 Å². The molecule has 0 bridgehead atoms. The Kier molecular flexibility index (Phi) is 5.75. The van der Waals surface area contributed by atoms with E-state index in [0.29, 0.717) is 24.1 Å². The van der Waals surface area contributed by atoms with Gasteiger partial charge in [0.05, 0.1) is 9.85 Å². The van der Waals surface area contributed by atoms with E-state index in [1.807, 2.05) is 0 Å². The predicted molar refractivity (Wildman–Crippen MR) is 91.6 cm³/mol. The van der Waals surface area contributed by atoms with E-state index < -0.39 is 9.85 Å². The molecule has 0 heterocycles. The van der Waals surface area contributed by atoms with Gasteiger partial charge < -0.3 is 10.6 Å². The van der Waals surface area contributed by atoms with Crippen LogP contribution in [0.25, 0.3) is 0 Å². The molecule has 2 N–H and O–H groups in total. The van der Waals surface area contributed by atoms with Crippen molar-refractivity contribution in [3.63, 3.8) is 0 Å². The van der Waals surface area contributed by atoms with Crippen molar-refractivity contribution in [1.82, 2.24) is 0 Å². The smallest absolute Gasteiger partial charge is 0.270 e.